The van der Waals surface area contributed by atoms with Crippen molar-refractivity contribution in [3.8, 4) is 0 Å². The Bertz CT molecular complexity index is 881. The van der Waals surface area contributed by atoms with E-state index in [2.05, 4.69) is 47.6 Å². The third-order valence-corrected chi connectivity index (χ3v) is 13.5. The van der Waals surface area contributed by atoms with Crippen LogP contribution in [0.25, 0.3) is 0 Å². The Morgan fingerprint density at radius 2 is 1.44 bits per heavy atom. The molecule has 5 aliphatic carbocycles. The fourth-order valence-corrected chi connectivity index (χ4v) is 11.0. The molecule has 4 heteroatoms. The molecule has 0 aromatic heterocycles. The Labute approximate surface area is 207 Å². The van der Waals surface area contributed by atoms with Crippen LogP contribution in [0.1, 0.15) is 93.9 Å². The molecule has 4 nitrogen and oxygen atoms in total. The lowest BCUT2D eigenvalue weighted by atomic mass is 9.32. The van der Waals surface area contributed by atoms with Gasteiger partial charge in [-0.05, 0) is 83.9 Å². The second kappa shape index (κ2) is 7.33. The number of allylic oxidation sites excluding steroid dienone is 1. The molecule has 5 aliphatic rings. The Morgan fingerprint density at radius 1 is 0.794 bits per heavy atom. The predicted octanol–water partition coefficient (Wildman–Crippen LogP) is 4.94. The number of hydrogen-bond acceptors (Lipinski definition) is 4. The van der Waals surface area contributed by atoms with E-state index in [1.54, 1.807) is 0 Å². The normalized spacial score (nSPS) is 60.8. The van der Waals surface area contributed by atoms with Crippen LogP contribution in [0.3, 0.4) is 0 Å². The first-order chi connectivity index (χ1) is 15.6. The molecule has 0 saturated heterocycles. The molecule has 13 atom stereocenters. The molecule has 4 saturated carbocycles. The van der Waals surface area contributed by atoms with Crippen molar-refractivity contribution in [3.05, 3.63) is 11.6 Å². The van der Waals surface area contributed by atoms with Crippen LogP contribution in [0, 0.1) is 56.7 Å². The van der Waals surface area contributed by atoms with Crippen molar-refractivity contribution in [2.24, 2.45) is 56.7 Å². The molecule has 0 bridgehead atoms. The maximum atomic E-state index is 12.0. The summed E-state index contributed by atoms with van der Waals surface area (Å²) in [7, 11) is 0. The second-order valence-corrected chi connectivity index (χ2v) is 15.0. The van der Waals surface area contributed by atoms with Gasteiger partial charge in [-0.2, -0.15) is 0 Å². The van der Waals surface area contributed by atoms with Gasteiger partial charge < -0.3 is 20.4 Å². The molecule has 0 spiro atoms. The summed E-state index contributed by atoms with van der Waals surface area (Å²) in [6.07, 6.45) is 5.13. The van der Waals surface area contributed by atoms with Crippen molar-refractivity contribution < 1.29 is 20.4 Å². The SMILES string of the molecule is C[C@H]1[C@H](C)CC[C@]2(C)CC[C@]3(C)C(=C[C@@H](O)[C@@H]4[C@]5(C)C(CC[C@]43C)C(C)(C)[C@@H](O)[C@H](O)[C@H]5O)[C@H]12. The molecule has 0 aromatic rings. The summed E-state index contributed by atoms with van der Waals surface area (Å²) in [4.78, 5) is 0. The molecule has 0 amide bonds. The number of hydrogen-bond donors (Lipinski definition) is 4. The van der Waals surface area contributed by atoms with Crippen molar-refractivity contribution >= 4 is 0 Å². The summed E-state index contributed by atoms with van der Waals surface area (Å²) in [5.74, 6) is 1.65. The van der Waals surface area contributed by atoms with Crippen LogP contribution in [0.15, 0.2) is 11.6 Å². The van der Waals surface area contributed by atoms with Crippen LogP contribution in [0.5, 0.6) is 0 Å². The summed E-state index contributed by atoms with van der Waals surface area (Å²) in [5.41, 5.74) is 0.365. The minimum atomic E-state index is -1.20. The van der Waals surface area contributed by atoms with E-state index in [0.717, 1.165) is 19.3 Å². The van der Waals surface area contributed by atoms with Crippen molar-refractivity contribution in [2.75, 3.05) is 0 Å². The first-order valence-electron chi connectivity index (χ1n) is 14.0. The Hall–Kier alpha value is -0.420. The second-order valence-electron chi connectivity index (χ2n) is 15.0. The Morgan fingerprint density at radius 3 is 2.09 bits per heavy atom. The third kappa shape index (κ3) is 2.75. The topological polar surface area (TPSA) is 80.9 Å². The van der Waals surface area contributed by atoms with E-state index in [-0.39, 0.29) is 22.7 Å². The lowest BCUT2D eigenvalue weighted by Crippen LogP contribution is -2.73. The molecule has 1 unspecified atom stereocenters. The highest BCUT2D eigenvalue weighted by atomic mass is 16.4. The van der Waals surface area contributed by atoms with Gasteiger partial charge in [0.15, 0.2) is 0 Å². The van der Waals surface area contributed by atoms with Gasteiger partial charge in [-0.3, -0.25) is 0 Å². The van der Waals surface area contributed by atoms with E-state index in [4.69, 9.17) is 0 Å². The average molecular weight is 475 g/mol. The zero-order chi connectivity index (χ0) is 25.2. The Balaban J connectivity index is 1.67. The standard InChI is InChI=1S/C30H50O4/c1-16-9-11-27(5)13-14-28(6)18(21(27)17(16)2)15-19(31)23-29(28,7)12-10-20-26(3,4)24(33)22(32)25(34)30(20,23)8/h15-17,19-25,31-34H,9-14H2,1-8H3/t16-,17+,19-,20?,21+,22+,23+,24+,25-,27-,28-,29-,30+/m1/s1. The average Bonchev–Trinajstić information content (AvgIpc) is 2.75. The van der Waals surface area contributed by atoms with Crippen LogP contribution in [0.2, 0.25) is 0 Å². The molecule has 0 aliphatic heterocycles. The number of rotatable bonds is 0. The van der Waals surface area contributed by atoms with E-state index in [1.165, 1.54) is 24.8 Å². The molecule has 0 radical (unpaired) electrons. The molecule has 0 heterocycles. The lowest BCUT2D eigenvalue weighted by molar-refractivity contribution is -0.290. The van der Waals surface area contributed by atoms with E-state index in [0.29, 0.717) is 23.2 Å². The lowest BCUT2D eigenvalue weighted by Gasteiger charge is -2.73. The van der Waals surface area contributed by atoms with Gasteiger partial charge in [0.1, 0.15) is 6.10 Å². The zero-order valence-electron chi connectivity index (χ0n) is 22.8. The van der Waals surface area contributed by atoms with Crippen LogP contribution >= 0.6 is 0 Å². The fourth-order valence-electron chi connectivity index (χ4n) is 11.0. The van der Waals surface area contributed by atoms with Crippen LogP contribution in [0.4, 0.5) is 0 Å². The molecule has 4 fully saturated rings. The van der Waals surface area contributed by atoms with Crippen LogP contribution in [-0.4, -0.2) is 44.8 Å². The number of aliphatic hydroxyl groups excluding tert-OH is 4. The molecular weight excluding hydrogens is 424 g/mol. The molecular formula is C30H50O4. The molecule has 194 valence electrons. The Kier molecular flexibility index (Phi) is 5.44. The van der Waals surface area contributed by atoms with Gasteiger partial charge in [-0.25, -0.2) is 0 Å². The van der Waals surface area contributed by atoms with E-state index >= 15 is 0 Å². The number of aliphatic hydroxyl groups is 4. The molecule has 34 heavy (non-hydrogen) atoms. The molecule has 5 rings (SSSR count). The summed E-state index contributed by atoms with van der Waals surface area (Å²) < 4.78 is 0. The largest absolute Gasteiger partial charge is 0.390 e. The van der Waals surface area contributed by atoms with Gasteiger partial charge in [0.05, 0.1) is 18.3 Å². The van der Waals surface area contributed by atoms with Crippen LogP contribution < -0.4 is 0 Å². The van der Waals surface area contributed by atoms with Crippen molar-refractivity contribution in [3.63, 3.8) is 0 Å². The summed E-state index contributed by atoms with van der Waals surface area (Å²) in [5, 5.41) is 45.4. The zero-order valence-corrected chi connectivity index (χ0v) is 22.8. The highest BCUT2D eigenvalue weighted by molar-refractivity contribution is 5.36. The maximum Gasteiger partial charge on any atom is 0.107 e. The van der Waals surface area contributed by atoms with E-state index in [9.17, 15) is 20.4 Å². The quantitative estimate of drug-likeness (QED) is 0.375. The van der Waals surface area contributed by atoms with E-state index in [1.807, 2.05) is 13.8 Å². The van der Waals surface area contributed by atoms with Crippen molar-refractivity contribution in [2.45, 2.75) is 118 Å². The van der Waals surface area contributed by atoms with Gasteiger partial charge >= 0.3 is 0 Å². The van der Waals surface area contributed by atoms with Crippen molar-refractivity contribution in [1.29, 1.82) is 0 Å². The van der Waals surface area contributed by atoms with Crippen LogP contribution in [-0.2, 0) is 0 Å². The highest BCUT2D eigenvalue weighted by Gasteiger charge is 2.73. The first-order valence-corrected chi connectivity index (χ1v) is 14.0. The summed E-state index contributed by atoms with van der Waals surface area (Å²) in [6, 6.07) is 0. The van der Waals surface area contributed by atoms with Gasteiger partial charge in [0.2, 0.25) is 0 Å². The minimum Gasteiger partial charge on any atom is -0.390 e. The predicted molar refractivity (Wildman–Crippen MR) is 135 cm³/mol. The molecule has 0 aromatic carbocycles. The minimum absolute atomic E-state index is 0.0298. The van der Waals surface area contributed by atoms with Gasteiger partial charge in [-0.15, -0.1) is 0 Å². The molecule has 4 N–H and O–H groups in total. The fraction of sp³-hybridized carbons (Fsp3) is 0.933. The summed E-state index contributed by atoms with van der Waals surface area (Å²) >= 11 is 0. The first kappa shape index (κ1) is 25.2. The smallest absolute Gasteiger partial charge is 0.107 e. The van der Waals surface area contributed by atoms with Gasteiger partial charge in [0.25, 0.3) is 0 Å². The monoisotopic (exact) mass is 474 g/mol. The van der Waals surface area contributed by atoms with E-state index < -0.39 is 35.2 Å². The number of fused-ring (bicyclic) bond motifs is 7. The highest BCUT2D eigenvalue weighted by Crippen LogP contribution is 2.75. The van der Waals surface area contributed by atoms with Gasteiger partial charge in [0, 0.05) is 11.3 Å². The maximum absolute atomic E-state index is 12.0. The van der Waals surface area contributed by atoms with Gasteiger partial charge in [-0.1, -0.05) is 67.0 Å². The third-order valence-electron chi connectivity index (χ3n) is 13.5. The van der Waals surface area contributed by atoms with Crippen molar-refractivity contribution in [1.82, 2.24) is 0 Å². The summed E-state index contributed by atoms with van der Waals surface area (Å²) in [6.45, 7) is 18.3.